The van der Waals surface area contributed by atoms with Crippen LogP contribution in [0.2, 0.25) is 5.02 Å². The third kappa shape index (κ3) is 5.12. The van der Waals surface area contributed by atoms with Crippen molar-refractivity contribution >= 4 is 23.7 Å². The largest absolute Gasteiger partial charge is 0.508 e. The lowest BCUT2D eigenvalue weighted by atomic mass is 10.2. The first kappa shape index (κ1) is 18.6. The van der Waals surface area contributed by atoms with E-state index in [1.165, 1.54) is 37.6 Å². The molecular weight excluding hydrogens is 344 g/mol. The van der Waals surface area contributed by atoms with E-state index in [1.54, 1.807) is 12.1 Å². The van der Waals surface area contributed by atoms with Gasteiger partial charge in [0.15, 0.2) is 11.5 Å². The molecule has 0 saturated heterocycles. The number of hydrazone groups is 1. The van der Waals surface area contributed by atoms with Crippen molar-refractivity contribution in [3.8, 4) is 17.2 Å². The highest BCUT2D eigenvalue weighted by Crippen LogP contribution is 2.36. The molecule has 0 heterocycles. The minimum Gasteiger partial charge on any atom is -0.508 e. The second-order valence-electron chi connectivity index (χ2n) is 5.45. The van der Waals surface area contributed by atoms with Crippen LogP contribution in [0.5, 0.6) is 17.2 Å². The zero-order valence-electron chi connectivity index (χ0n) is 14.1. The molecule has 2 aromatic rings. The number of aromatic hydroxyl groups is 1. The minimum absolute atomic E-state index is 0.0458. The predicted molar refractivity (Wildman–Crippen MR) is 96.9 cm³/mol. The van der Waals surface area contributed by atoms with E-state index in [1.807, 2.05) is 13.8 Å². The molecule has 0 radical (unpaired) electrons. The fourth-order valence-electron chi connectivity index (χ4n) is 2.01. The number of benzene rings is 2. The van der Waals surface area contributed by atoms with E-state index in [0.717, 1.165) is 0 Å². The van der Waals surface area contributed by atoms with Crippen molar-refractivity contribution in [2.75, 3.05) is 7.11 Å². The van der Waals surface area contributed by atoms with Crippen molar-refractivity contribution in [3.05, 3.63) is 52.5 Å². The fourth-order valence-corrected chi connectivity index (χ4v) is 2.27. The van der Waals surface area contributed by atoms with E-state index in [4.69, 9.17) is 21.1 Å². The van der Waals surface area contributed by atoms with Crippen LogP contribution < -0.4 is 14.9 Å². The standard InChI is InChI=1S/C18H19ClN2O4/c1-11(2)25-17-15(19)8-12(9-16(17)24-3)10-20-21-18(23)13-4-6-14(22)7-5-13/h4-11,22H,1-3H3,(H,21,23)/b20-10-. The van der Waals surface area contributed by atoms with E-state index >= 15 is 0 Å². The van der Waals surface area contributed by atoms with Gasteiger partial charge in [0, 0.05) is 5.56 Å². The van der Waals surface area contributed by atoms with Gasteiger partial charge in [-0.05, 0) is 55.8 Å². The summed E-state index contributed by atoms with van der Waals surface area (Å²) in [5.74, 6) is 0.636. The normalized spacial score (nSPS) is 10.9. The van der Waals surface area contributed by atoms with E-state index < -0.39 is 5.91 Å². The zero-order chi connectivity index (χ0) is 18.4. The molecule has 0 spiro atoms. The number of carbonyl (C=O) groups is 1. The van der Waals surface area contributed by atoms with Crippen LogP contribution in [-0.4, -0.2) is 30.4 Å². The highest BCUT2D eigenvalue weighted by molar-refractivity contribution is 6.32. The maximum absolute atomic E-state index is 11.9. The molecule has 25 heavy (non-hydrogen) atoms. The van der Waals surface area contributed by atoms with Crippen molar-refractivity contribution in [2.24, 2.45) is 5.10 Å². The second-order valence-corrected chi connectivity index (χ2v) is 5.85. The maximum atomic E-state index is 11.9. The van der Waals surface area contributed by atoms with Crippen molar-refractivity contribution in [2.45, 2.75) is 20.0 Å². The van der Waals surface area contributed by atoms with Crippen LogP contribution in [0.1, 0.15) is 29.8 Å². The molecule has 0 aromatic heterocycles. The summed E-state index contributed by atoms with van der Waals surface area (Å²) in [6.07, 6.45) is 1.40. The Hall–Kier alpha value is -2.73. The number of phenolic OH excluding ortho intramolecular Hbond substituents is 1. The van der Waals surface area contributed by atoms with Gasteiger partial charge in [0.25, 0.3) is 5.91 Å². The molecule has 7 heteroatoms. The van der Waals surface area contributed by atoms with Crippen LogP contribution in [0.4, 0.5) is 0 Å². The van der Waals surface area contributed by atoms with Crippen LogP contribution in [-0.2, 0) is 0 Å². The number of methoxy groups -OCH3 is 1. The van der Waals surface area contributed by atoms with Gasteiger partial charge in [0.2, 0.25) is 0 Å². The molecule has 0 atom stereocenters. The Morgan fingerprint density at radius 1 is 1.28 bits per heavy atom. The SMILES string of the molecule is COc1cc(/C=N\NC(=O)c2ccc(O)cc2)cc(Cl)c1OC(C)C. The summed E-state index contributed by atoms with van der Waals surface area (Å²) in [6.45, 7) is 3.79. The molecule has 132 valence electrons. The molecule has 0 fully saturated rings. The smallest absolute Gasteiger partial charge is 0.271 e. The first-order chi connectivity index (χ1) is 11.9. The third-order valence-electron chi connectivity index (χ3n) is 3.11. The molecule has 0 aliphatic heterocycles. The molecule has 1 amide bonds. The van der Waals surface area contributed by atoms with Crippen LogP contribution in [0.3, 0.4) is 0 Å². The number of ether oxygens (including phenoxy) is 2. The number of nitrogens with zero attached hydrogens (tertiary/aromatic N) is 1. The van der Waals surface area contributed by atoms with Gasteiger partial charge in [-0.1, -0.05) is 11.6 Å². The first-order valence-electron chi connectivity index (χ1n) is 7.57. The Morgan fingerprint density at radius 3 is 2.56 bits per heavy atom. The van der Waals surface area contributed by atoms with Crippen LogP contribution in [0, 0.1) is 0 Å². The molecular formula is C18H19ClN2O4. The molecule has 2 N–H and O–H groups in total. The summed E-state index contributed by atoms with van der Waals surface area (Å²) in [5.41, 5.74) is 3.43. The summed E-state index contributed by atoms with van der Waals surface area (Å²) in [4.78, 5) is 11.9. The van der Waals surface area contributed by atoms with Gasteiger partial charge in [-0.3, -0.25) is 4.79 Å². The average Bonchev–Trinajstić information content (AvgIpc) is 2.57. The summed E-state index contributed by atoms with van der Waals surface area (Å²) in [5, 5.41) is 13.5. The highest BCUT2D eigenvalue weighted by atomic mass is 35.5. The predicted octanol–water partition coefficient (Wildman–Crippen LogP) is 3.61. The highest BCUT2D eigenvalue weighted by Gasteiger charge is 2.13. The lowest BCUT2D eigenvalue weighted by Crippen LogP contribution is -2.17. The molecule has 0 saturated carbocycles. The van der Waals surface area contributed by atoms with Gasteiger partial charge in [0.1, 0.15) is 5.75 Å². The van der Waals surface area contributed by atoms with Crippen molar-refractivity contribution in [1.29, 1.82) is 0 Å². The number of amides is 1. The van der Waals surface area contributed by atoms with Crippen LogP contribution >= 0.6 is 11.6 Å². The zero-order valence-corrected chi connectivity index (χ0v) is 14.9. The Labute approximate surface area is 151 Å². The van der Waals surface area contributed by atoms with Crippen molar-refractivity contribution in [3.63, 3.8) is 0 Å². The summed E-state index contributed by atoms with van der Waals surface area (Å²) in [6, 6.07) is 9.22. The Bertz CT molecular complexity index is 773. The lowest BCUT2D eigenvalue weighted by molar-refractivity contribution is 0.0955. The number of phenols is 1. The molecule has 2 rings (SSSR count). The Morgan fingerprint density at radius 2 is 1.96 bits per heavy atom. The monoisotopic (exact) mass is 362 g/mol. The summed E-state index contributed by atoms with van der Waals surface area (Å²) >= 11 is 6.23. The number of nitrogens with one attached hydrogen (secondary N) is 1. The Kier molecular flexibility index (Phi) is 6.25. The number of halogens is 1. The fraction of sp³-hybridized carbons (Fsp3) is 0.222. The van der Waals surface area contributed by atoms with Gasteiger partial charge in [-0.25, -0.2) is 5.43 Å². The maximum Gasteiger partial charge on any atom is 0.271 e. The summed E-state index contributed by atoms with van der Waals surface area (Å²) < 4.78 is 10.9. The van der Waals surface area contributed by atoms with Crippen LogP contribution in [0.25, 0.3) is 0 Å². The molecule has 0 unspecified atom stereocenters. The molecule has 0 bridgehead atoms. The van der Waals surface area contributed by atoms with Crippen molar-refractivity contribution < 1.29 is 19.4 Å². The molecule has 6 nitrogen and oxygen atoms in total. The molecule has 2 aromatic carbocycles. The number of hydrogen-bond acceptors (Lipinski definition) is 5. The number of rotatable bonds is 6. The average molecular weight is 363 g/mol. The molecule has 0 aliphatic carbocycles. The van der Waals surface area contributed by atoms with Gasteiger partial charge in [0.05, 0.1) is 24.5 Å². The number of hydrogen-bond donors (Lipinski definition) is 2. The first-order valence-corrected chi connectivity index (χ1v) is 7.95. The lowest BCUT2D eigenvalue weighted by Gasteiger charge is -2.15. The summed E-state index contributed by atoms with van der Waals surface area (Å²) in [7, 11) is 1.52. The topological polar surface area (TPSA) is 80.2 Å². The number of carbonyl (C=O) groups excluding carboxylic acids is 1. The van der Waals surface area contributed by atoms with Crippen LogP contribution in [0.15, 0.2) is 41.5 Å². The van der Waals surface area contributed by atoms with Gasteiger partial charge in [-0.15, -0.1) is 0 Å². The van der Waals surface area contributed by atoms with Gasteiger partial charge < -0.3 is 14.6 Å². The van der Waals surface area contributed by atoms with Gasteiger partial charge >= 0.3 is 0 Å². The van der Waals surface area contributed by atoms with Crippen molar-refractivity contribution in [1.82, 2.24) is 5.43 Å². The van der Waals surface area contributed by atoms with E-state index in [0.29, 0.717) is 27.6 Å². The third-order valence-corrected chi connectivity index (χ3v) is 3.40. The quantitative estimate of drug-likeness (QED) is 0.607. The van der Waals surface area contributed by atoms with Gasteiger partial charge in [-0.2, -0.15) is 5.10 Å². The van der Waals surface area contributed by atoms with E-state index in [2.05, 4.69) is 10.5 Å². The van der Waals surface area contributed by atoms with E-state index in [9.17, 15) is 9.90 Å². The Balaban J connectivity index is 2.11. The molecule has 0 aliphatic rings. The minimum atomic E-state index is -0.394. The second kappa shape index (κ2) is 8.39. The van der Waals surface area contributed by atoms with E-state index in [-0.39, 0.29) is 11.9 Å².